The third kappa shape index (κ3) is 3.88. The minimum atomic E-state index is -0.343. The number of carbonyl (C=O) groups excluding carboxylic acids is 1. The maximum Gasteiger partial charge on any atom is 0.322 e. The van der Waals surface area contributed by atoms with Gasteiger partial charge < -0.3 is 19.5 Å². The van der Waals surface area contributed by atoms with Gasteiger partial charge in [-0.25, -0.2) is 9.18 Å². The maximum atomic E-state index is 14.3. The molecule has 6 rings (SSSR count). The summed E-state index contributed by atoms with van der Waals surface area (Å²) < 4.78 is 22.0. The first kappa shape index (κ1) is 22.9. The Morgan fingerprint density at radius 2 is 1.94 bits per heavy atom. The van der Waals surface area contributed by atoms with Crippen LogP contribution >= 0.6 is 11.3 Å². The molecule has 3 heterocycles. The number of methoxy groups -OCH3 is 1. The Morgan fingerprint density at radius 1 is 1.08 bits per heavy atom. The number of nitrogens with one attached hydrogen (secondary N) is 1. The molecule has 1 aliphatic carbocycles. The predicted octanol–water partition coefficient (Wildman–Crippen LogP) is 7.01. The van der Waals surface area contributed by atoms with Crippen molar-refractivity contribution in [3.8, 4) is 10.8 Å². The fraction of sp³-hybridized carbons (Fsp3) is 0.276. The quantitative estimate of drug-likeness (QED) is 0.328. The van der Waals surface area contributed by atoms with Crippen molar-refractivity contribution in [2.45, 2.75) is 45.2 Å². The fourth-order valence-corrected chi connectivity index (χ4v) is 6.82. The fourth-order valence-electron chi connectivity index (χ4n) is 5.41. The first-order valence-corrected chi connectivity index (χ1v) is 13.1. The van der Waals surface area contributed by atoms with Gasteiger partial charge in [0.1, 0.15) is 16.6 Å². The number of halogens is 1. The van der Waals surface area contributed by atoms with Crippen LogP contribution in [0.5, 0.6) is 5.75 Å². The number of hydrogen-bond acceptors (Lipinski definition) is 3. The van der Waals surface area contributed by atoms with Crippen LogP contribution in [0.15, 0.2) is 60.8 Å². The summed E-state index contributed by atoms with van der Waals surface area (Å²) in [6.07, 6.45) is 6.61. The molecule has 1 N–H and O–H groups in total. The average molecular weight is 502 g/mol. The summed E-state index contributed by atoms with van der Waals surface area (Å²) in [5.74, 6) is 0.402. The number of amides is 2. The number of urea groups is 1. The zero-order valence-corrected chi connectivity index (χ0v) is 21.2. The van der Waals surface area contributed by atoms with Gasteiger partial charge in [0.15, 0.2) is 0 Å². The third-order valence-corrected chi connectivity index (χ3v) is 8.61. The van der Waals surface area contributed by atoms with Gasteiger partial charge in [0.05, 0.1) is 25.4 Å². The molecule has 0 saturated heterocycles. The summed E-state index contributed by atoms with van der Waals surface area (Å²) in [5, 5.41) is 4.17. The summed E-state index contributed by atoms with van der Waals surface area (Å²) >= 11 is 1.85. The molecule has 5 nitrogen and oxygen atoms in total. The van der Waals surface area contributed by atoms with Crippen molar-refractivity contribution < 1.29 is 13.9 Å². The Hall–Kier alpha value is -3.58. The molecule has 0 radical (unpaired) electrons. The molecule has 2 aliphatic rings. The zero-order valence-electron chi connectivity index (χ0n) is 20.4. The first-order valence-electron chi connectivity index (χ1n) is 12.3. The molecule has 1 aliphatic heterocycles. The van der Waals surface area contributed by atoms with Gasteiger partial charge in [-0.1, -0.05) is 18.2 Å². The summed E-state index contributed by atoms with van der Waals surface area (Å²) in [7, 11) is 1.65. The van der Waals surface area contributed by atoms with E-state index in [1.807, 2.05) is 46.6 Å². The lowest BCUT2D eigenvalue weighted by atomic mass is 9.95. The van der Waals surface area contributed by atoms with Gasteiger partial charge in [-0.15, -0.1) is 11.3 Å². The zero-order chi connectivity index (χ0) is 24.8. The molecule has 0 saturated carbocycles. The molecule has 184 valence electrons. The molecule has 2 aromatic carbocycles. The van der Waals surface area contributed by atoms with Crippen LogP contribution in [0.1, 0.15) is 51.7 Å². The first-order chi connectivity index (χ1) is 17.5. The number of benzene rings is 2. The van der Waals surface area contributed by atoms with E-state index in [-0.39, 0.29) is 17.9 Å². The Morgan fingerprint density at radius 3 is 2.78 bits per heavy atom. The van der Waals surface area contributed by atoms with E-state index in [2.05, 4.69) is 22.1 Å². The monoisotopic (exact) mass is 501 g/mol. The second kappa shape index (κ2) is 9.13. The highest BCUT2D eigenvalue weighted by Crippen LogP contribution is 2.44. The lowest BCUT2D eigenvalue weighted by Gasteiger charge is -2.31. The molecular weight excluding hydrogens is 473 g/mol. The molecule has 2 amide bonds. The van der Waals surface area contributed by atoms with Crippen LogP contribution in [-0.2, 0) is 19.4 Å². The minimum Gasteiger partial charge on any atom is -0.497 e. The van der Waals surface area contributed by atoms with Crippen LogP contribution in [0.4, 0.5) is 14.9 Å². The van der Waals surface area contributed by atoms with Crippen molar-refractivity contribution in [1.82, 2.24) is 9.47 Å². The molecule has 0 bridgehead atoms. The van der Waals surface area contributed by atoms with Gasteiger partial charge in [-0.05, 0) is 85.7 Å². The van der Waals surface area contributed by atoms with Crippen molar-refractivity contribution in [3.63, 3.8) is 0 Å². The third-order valence-electron chi connectivity index (χ3n) is 7.27. The smallest absolute Gasteiger partial charge is 0.322 e. The maximum absolute atomic E-state index is 14.3. The second-order valence-corrected chi connectivity index (χ2v) is 10.6. The number of fused-ring (bicyclic) bond motifs is 5. The van der Waals surface area contributed by atoms with Crippen molar-refractivity contribution >= 4 is 23.1 Å². The number of aromatic nitrogens is 1. The van der Waals surface area contributed by atoms with Crippen LogP contribution in [0.25, 0.3) is 5.00 Å². The largest absolute Gasteiger partial charge is 0.497 e. The second-order valence-electron chi connectivity index (χ2n) is 9.50. The Labute approximate surface area is 214 Å². The molecule has 7 heteroatoms. The Balaban J connectivity index is 1.49. The molecule has 0 spiro atoms. The van der Waals surface area contributed by atoms with Crippen LogP contribution in [-0.4, -0.2) is 22.6 Å². The molecule has 2 aromatic heterocycles. The summed E-state index contributed by atoms with van der Waals surface area (Å²) in [6.45, 7) is 2.19. The van der Waals surface area contributed by atoms with Crippen LogP contribution in [0.2, 0.25) is 0 Å². The summed E-state index contributed by atoms with van der Waals surface area (Å²) in [5.41, 5.74) is 5.59. The lowest BCUT2D eigenvalue weighted by molar-refractivity contribution is 0.194. The SMILES string of the molecule is COc1cccc(C2c3cccn3-c3sc4c(c3CN2C(=O)Nc2ccc(C)c(F)c2)CCCC4)c1. The molecule has 4 aromatic rings. The number of thiophene rings is 1. The van der Waals surface area contributed by atoms with Gasteiger partial charge in [-0.3, -0.25) is 0 Å². The average Bonchev–Trinajstić information content (AvgIpc) is 3.48. The molecule has 1 atom stereocenters. The number of nitrogens with zero attached hydrogens (tertiary/aromatic N) is 2. The standard InChI is InChI=1S/C29H28FN3O2S/c1-18-12-13-20(16-24(18)30)31-29(34)33-17-23-22-9-3-4-11-26(22)36-28(23)32-14-6-10-25(32)27(33)19-7-5-8-21(15-19)35-2/h5-8,10,12-16,27H,3-4,9,11,17H2,1-2H3,(H,31,34). The molecule has 1 unspecified atom stereocenters. The number of aryl methyl sites for hydroxylation is 2. The van der Waals surface area contributed by atoms with E-state index in [1.54, 1.807) is 26.2 Å². The van der Waals surface area contributed by atoms with Crippen LogP contribution in [0.3, 0.4) is 0 Å². The molecule has 0 fully saturated rings. The highest BCUT2D eigenvalue weighted by Gasteiger charge is 2.36. The van der Waals surface area contributed by atoms with E-state index in [4.69, 9.17) is 4.74 Å². The van der Waals surface area contributed by atoms with E-state index >= 15 is 0 Å². The van der Waals surface area contributed by atoms with Crippen molar-refractivity contribution in [1.29, 1.82) is 0 Å². The highest BCUT2D eigenvalue weighted by molar-refractivity contribution is 7.15. The molecule has 36 heavy (non-hydrogen) atoms. The van der Waals surface area contributed by atoms with E-state index < -0.39 is 0 Å². The van der Waals surface area contributed by atoms with Gasteiger partial charge in [0.25, 0.3) is 0 Å². The normalized spacial score (nSPS) is 16.5. The van der Waals surface area contributed by atoms with Crippen LogP contribution < -0.4 is 10.1 Å². The number of carbonyl (C=O) groups is 1. The van der Waals surface area contributed by atoms with Crippen molar-refractivity contribution in [3.05, 3.63) is 99.4 Å². The van der Waals surface area contributed by atoms with E-state index in [0.29, 0.717) is 17.8 Å². The number of anilines is 1. The van der Waals surface area contributed by atoms with Crippen molar-refractivity contribution in [2.24, 2.45) is 0 Å². The van der Waals surface area contributed by atoms with Gasteiger partial charge in [-0.2, -0.15) is 0 Å². The number of hydrogen-bond donors (Lipinski definition) is 1. The van der Waals surface area contributed by atoms with E-state index in [9.17, 15) is 9.18 Å². The van der Waals surface area contributed by atoms with E-state index in [0.717, 1.165) is 29.8 Å². The van der Waals surface area contributed by atoms with Gasteiger partial charge in [0.2, 0.25) is 0 Å². The lowest BCUT2D eigenvalue weighted by Crippen LogP contribution is -2.38. The van der Waals surface area contributed by atoms with Crippen molar-refractivity contribution in [2.75, 3.05) is 12.4 Å². The predicted molar refractivity (Wildman–Crippen MR) is 141 cm³/mol. The van der Waals surface area contributed by atoms with Gasteiger partial charge >= 0.3 is 6.03 Å². The molecular formula is C29H28FN3O2S. The summed E-state index contributed by atoms with van der Waals surface area (Å²) in [4.78, 5) is 17.3. The minimum absolute atomic E-state index is 0.262. The van der Waals surface area contributed by atoms with Crippen LogP contribution in [0, 0.1) is 12.7 Å². The summed E-state index contributed by atoms with van der Waals surface area (Å²) in [6, 6.07) is 16.2. The van der Waals surface area contributed by atoms with Gasteiger partial charge in [0, 0.05) is 22.3 Å². The Kier molecular flexibility index (Phi) is 5.80. The van der Waals surface area contributed by atoms with E-state index in [1.165, 1.54) is 39.9 Å². The highest BCUT2D eigenvalue weighted by atomic mass is 32.1. The topological polar surface area (TPSA) is 46.5 Å². The number of ether oxygens (including phenoxy) is 1. The Bertz CT molecular complexity index is 1460. The number of rotatable bonds is 3.